The maximum atomic E-state index is 5.64. The van der Waals surface area contributed by atoms with E-state index in [-0.39, 0.29) is 0 Å². The van der Waals surface area contributed by atoms with Gasteiger partial charge in [0.15, 0.2) is 0 Å². The Hall–Kier alpha value is -2.43. The van der Waals surface area contributed by atoms with E-state index in [2.05, 4.69) is 15.6 Å². The van der Waals surface area contributed by atoms with Crippen molar-refractivity contribution in [3.8, 4) is 11.5 Å². The summed E-state index contributed by atoms with van der Waals surface area (Å²) in [5.74, 6) is 1.59. The molecule has 0 unspecified atom stereocenters. The molecule has 2 aromatic rings. The van der Waals surface area contributed by atoms with Gasteiger partial charge in [0.05, 0.1) is 42.7 Å². The topological polar surface area (TPSA) is 55.4 Å². The van der Waals surface area contributed by atoms with Gasteiger partial charge >= 0.3 is 0 Å². The molecular formula is C16H21N3O2. The zero-order valence-corrected chi connectivity index (χ0v) is 12.6. The van der Waals surface area contributed by atoms with Crippen molar-refractivity contribution < 1.29 is 9.47 Å². The predicted octanol–water partition coefficient (Wildman–Crippen LogP) is 3.66. The van der Waals surface area contributed by atoms with E-state index in [0.717, 1.165) is 28.6 Å². The van der Waals surface area contributed by atoms with Crippen LogP contribution in [0.15, 0.2) is 36.7 Å². The molecule has 0 aliphatic heterocycles. The largest absolute Gasteiger partial charge is 0.494 e. The summed E-state index contributed by atoms with van der Waals surface area (Å²) >= 11 is 0. The van der Waals surface area contributed by atoms with Gasteiger partial charge in [-0.1, -0.05) is 0 Å². The van der Waals surface area contributed by atoms with E-state index < -0.39 is 0 Å². The van der Waals surface area contributed by atoms with Crippen LogP contribution in [-0.2, 0) is 0 Å². The van der Waals surface area contributed by atoms with E-state index in [1.807, 2.05) is 45.2 Å². The highest BCUT2D eigenvalue weighted by molar-refractivity contribution is 5.69. The molecule has 0 radical (unpaired) electrons. The van der Waals surface area contributed by atoms with Crippen molar-refractivity contribution >= 4 is 17.1 Å². The first-order valence-corrected chi connectivity index (χ1v) is 7.06. The standard InChI is InChI=1S/C16H21N3O2/c1-4-20-14-6-7-16(21-5-2)15(9-14)19-13-8-12(17-3)10-18-11-13/h6-11,17,19H,4-5H2,1-3H3. The summed E-state index contributed by atoms with van der Waals surface area (Å²) in [4.78, 5) is 4.19. The Balaban J connectivity index is 2.28. The summed E-state index contributed by atoms with van der Waals surface area (Å²) in [6.07, 6.45) is 3.54. The number of ether oxygens (including phenoxy) is 2. The minimum absolute atomic E-state index is 0.609. The third-order valence-corrected chi connectivity index (χ3v) is 2.87. The molecule has 1 aromatic heterocycles. The molecule has 1 aromatic carbocycles. The fourth-order valence-electron chi connectivity index (χ4n) is 1.95. The number of hydrogen-bond donors (Lipinski definition) is 2. The summed E-state index contributed by atoms with van der Waals surface area (Å²) in [5.41, 5.74) is 2.69. The van der Waals surface area contributed by atoms with Crippen molar-refractivity contribution in [2.24, 2.45) is 0 Å². The highest BCUT2D eigenvalue weighted by atomic mass is 16.5. The fourth-order valence-corrected chi connectivity index (χ4v) is 1.95. The molecule has 0 aliphatic rings. The molecule has 21 heavy (non-hydrogen) atoms. The molecule has 0 aliphatic carbocycles. The van der Waals surface area contributed by atoms with Crippen LogP contribution in [0.3, 0.4) is 0 Å². The molecule has 0 amide bonds. The second kappa shape index (κ2) is 7.38. The third kappa shape index (κ3) is 4.02. The minimum atomic E-state index is 0.609. The molecule has 5 heteroatoms. The van der Waals surface area contributed by atoms with E-state index in [1.54, 1.807) is 12.4 Å². The highest BCUT2D eigenvalue weighted by Crippen LogP contribution is 2.32. The monoisotopic (exact) mass is 287 g/mol. The van der Waals surface area contributed by atoms with Crippen LogP contribution in [0.1, 0.15) is 13.8 Å². The van der Waals surface area contributed by atoms with Gasteiger partial charge in [-0.05, 0) is 32.0 Å². The summed E-state index contributed by atoms with van der Waals surface area (Å²) in [7, 11) is 1.86. The van der Waals surface area contributed by atoms with E-state index in [9.17, 15) is 0 Å². The van der Waals surface area contributed by atoms with E-state index >= 15 is 0 Å². The Kier molecular flexibility index (Phi) is 5.26. The van der Waals surface area contributed by atoms with Gasteiger partial charge in [-0.15, -0.1) is 0 Å². The van der Waals surface area contributed by atoms with Crippen molar-refractivity contribution in [2.45, 2.75) is 13.8 Å². The van der Waals surface area contributed by atoms with E-state index in [4.69, 9.17) is 9.47 Å². The lowest BCUT2D eigenvalue weighted by atomic mass is 10.2. The first-order chi connectivity index (χ1) is 10.3. The van der Waals surface area contributed by atoms with Crippen LogP contribution >= 0.6 is 0 Å². The number of hydrogen-bond acceptors (Lipinski definition) is 5. The Bertz CT molecular complexity index is 587. The Morgan fingerprint density at radius 3 is 2.48 bits per heavy atom. The number of pyridine rings is 1. The molecule has 2 N–H and O–H groups in total. The van der Waals surface area contributed by atoms with Crippen molar-refractivity contribution in [2.75, 3.05) is 30.9 Å². The van der Waals surface area contributed by atoms with Crippen LogP contribution in [0.2, 0.25) is 0 Å². The Morgan fingerprint density at radius 1 is 1.00 bits per heavy atom. The molecule has 0 bridgehead atoms. The first-order valence-electron chi connectivity index (χ1n) is 7.06. The smallest absolute Gasteiger partial charge is 0.142 e. The van der Waals surface area contributed by atoms with Gasteiger partial charge in [0.25, 0.3) is 0 Å². The van der Waals surface area contributed by atoms with Gasteiger partial charge in [-0.2, -0.15) is 0 Å². The van der Waals surface area contributed by atoms with Crippen LogP contribution in [0.25, 0.3) is 0 Å². The summed E-state index contributed by atoms with van der Waals surface area (Å²) in [6.45, 7) is 5.16. The van der Waals surface area contributed by atoms with Gasteiger partial charge < -0.3 is 20.1 Å². The van der Waals surface area contributed by atoms with Crippen LogP contribution < -0.4 is 20.1 Å². The van der Waals surface area contributed by atoms with Crippen LogP contribution in [0, 0.1) is 0 Å². The molecule has 0 saturated heterocycles. The second-order valence-corrected chi connectivity index (χ2v) is 4.36. The maximum Gasteiger partial charge on any atom is 0.142 e. The molecule has 2 rings (SSSR count). The first kappa shape index (κ1) is 15.0. The SMILES string of the molecule is CCOc1ccc(OCC)c(Nc2cncc(NC)c2)c1. The maximum absolute atomic E-state index is 5.64. The molecule has 0 saturated carbocycles. The summed E-state index contributed by atoms with van der Waals surface area (Å²) in [5, 5.41) is 6.39. The lowest BCUT2D eigenvalue weighted by Crippen LogP contribution is -2.00. The van der Waals surface area contributed by atoms with Gasteiger partial charge in [-0.3, -0.25) is 4.98 Å². The molecule has 1 heterocycles. The van der Waals surface area contributed by atoms with E-state index in [0.29, 0.717) is 13.2 Å². The van der Waals surface area contributed by atoms with Crippen molar-refractivity contribution in [3.05, 3.63) is 36.7 Å². The normalized spacial score (nSPS) is 10.0. The van der Waals surface area contributed by atoms with Crippen LogP contribution in [0.4, 0.5) is 17.1 Å². The van der Waals surface area contributed by atoms with E-state index in [1.165, 1.54) is 0 Å². The number of nitrogens with zero attached hydrogens (tertiary/aromatic N) is 1. The molecule has 5 nitrogen and oxygen atoms in total. The number of benzene rings is 1. The summed E-state index contributed by atoms with van der Waals surface area (Å²) in [6, 6.07) is 7.73. The van der Waals surface area contributed by atoms with Crippen LogP contribution in [-0.4, -0.2) is 25.2 Å². The molecule has 0 fully saturated rings. The lowest BCUT2D eigenvalue weighted by molar-refractivity contribution is 0.332. The lowest BCUT2D eigenvalue weighted by Gasteiger charge is -2.14. The number of nitrogens with one attached hydrogen (secondary N) is 2. The zero-order chi connectivity index (χ0) is 15.1. The third-order valence-electron chi connectivity index (χ3n) is 2.87. The second-order valence-electron chi connectivity index (χ2n) is 4.36. The Morgan fingerprint density at radius 2 is 1.76 bits per heavy atom. The fraction of sp³-hybridized carbons (Fsp3) is 0.312. The number of aromatic nitrogens is 1. The van der Waals surface area contributed by atoms with Crippen LogP contribution in [0.5, 0.6) is 11.5 Å². The summed E-state index contributed by atoms with van der Waals surface area (Å²) < 4.78 is 11.2. The molecular weight excluding hydrogens is 266 g/mol. The number of anilines is 3. The zero-order valence-electron chi connectivity index (χ0n) is 12.6. The van der Waals surface area contributed by atoms with Crippen molar-refractivity contribution in [1.29, 1.82) is 0 Å². The highest BCUT2D eigenvalue weighted by Gasteiger charge is 2.07. The van der Waals surface area contributed by atoms with Gasteiger partial charge in [0.1, 0.15) is 11.5 Å². The van der Waals surface area contributed by atoms with Gasteiger partial charge in [0, 0.05) is 13.1 Å². The molecule has 0 spiro atoms. The quantitative estimate of drug-likeness (QED) is 0.814. The van der Waals surface area contributed by atoms with Gasteiger partial charge in [-0.25, -0.2) is 0 Å². The predicted molar refractivity (Wildman–Crippen MR) is 85.8 cm³/mol. The minimum Gasteiger partial charge on any atom is -0.494 e. The molecule has 112 valence electrons. The Labute approximate surface area is 125 Å². The molecule has 0 atom stereocenters. The van der Waals surface area contributed by atoms with Gasteiger partial charge in [0.2, 0.25) is 0 Å². The average Bonchev–Trinajstić information content (AvgIpc) is 2.50. The number of rotatable bonds is 7. The van der Waals surface area contributed by atoms with Crippen molar-refractivity contribution in [3.63, 3.8) is 0 Å². The van der Waals surface area contributed by atoms with Crippen molar-refractivity contribution in [1.82, 2.24) is 4.98 Å². The average molecular weight is 287 g/mol.